The van der Waals surface area contributed by atoms with E-state index in [1.165, 1.54) is 293 Å². The Bertz CT molecular complexity index is 1820. The first kappa shape index (κ1) is 70.8. The number of benzene rings is 2. The number of hydrogen-bond donors (Lipinski definition) is 0. The number of hydrogen-bond acceptors (Lipinski definition) is 0. The van der Waals surface area contributed by atoms with E-state index in [4.69, 9.17) is 0 Å². The zero-order valence-corrected chi connectivity index (χ0v) is 53.9. The van der Waals surface area contributed by atoms with Crippen LogP contribution in [0.4, 0.5) is 0 Å². The van der Waals surface area contributed by atoms with Crippen molar-refractivity contribution in [3.8, 4) is 0 Å². The number of nitrogens with zero attached hydrogens (tertiary/aromatic N) is 2. The quantitative estimate of drug-likeness (QED) is 0.0273. The summed E-state index contributed by atoms with van der Waals surface area (Å²) in [7, 11) is 0. The van der Waals surface area contributed by atoms with Crippen LogP contribution in [0.25, 0.3) is 16.9 Å². The first-order valence-electron chi connectivity index (χ1n) is 33.9. The van der Waals surface area contributed by atoms with Gasteiger partial charge in [0, 0.05) is 22.8 Å². The number of allylic oxidation sites excluding steroid dienone is 6. The standard InChI is InChI=1S/C66H108N2.2C4H9.Pd/c1-6-11-15-19-23-25-27-29-31-33-35-37-41-45-49-61-53-51-58(47-43-39-21-17-13-8-3)55-63(61)65-57-60(10-5)66(68(65)67)64-56-59(48-44-40-22-18-14-9-4)52-54-62(64)50-46-42-38-36-34-32-30-28-26-24-20-16-12-7-2;2*1-3-4-2;/h37-38,41-42,51-57H,6-36,39-40,43-50H2,1-5H3;2*1,3-4H2,2H3;. The summed E-state index contributed by atoms with van der Waals surface area (Å²) in [6.45, 7) is 16.0. The minimum atomic E-state index is 0.893. The van der Waals surface area contributed by atoms with Gasteiger partial charge in [0.15, 0.2) is 0 Å². The molecular weight excluding hydrogens is 1020 g/mol. The Hall–Kier alpha value is -2.34. The molecular formula is C74H126N2Pd. The summed E-state index contributed by atoms with van der Waals surface area (Å²) in [4.78, 5) is 3.01. The van der Waals surface area contributed by atoms with Crippen molar-refractivity contribution in [1.82, 2.24) is 0 Å². The first-order chi connectivity index (χ1) is 38.0. The topological polar surface area (TPSA) is 25.3 Å². The molecule has 1 aliphatic rings. The van der Waals surface area contributed by atoms with E-state index in [1.54, 1.807) is 4.70 Å². The molecule has 0 aromatic heterocycles. The second kappa shape index (κ2) is 51.8. The molecule has 1 heterocycles. The summed E-state index contributed by atoms with van der Waals surface area (Å²) in [6, 6.07) is 14.5. The summed E-state index contributed by atoms with van der Waals surface area (Å²) < 4.78 is 1.61. The second-order valence-corrected chi connectivity index (χ2v) is 25.6. The molecule has 0 radical (unpaired) electrons. The maximum atomic E-state index is 12.5. The zero-order chi connectivity index (χ0) is 55.5. The van der Waals surface area contributed by atoms with Crippen molar-refractivity contribution in [3.63, 3.8) is 0 Å². The van der Waals surface area contributed by atoms with Gasteiger partial charge in [0.05, 0.1) is 0 Å². The van der Waals surface area contributed by atoms with Gasteiger partial charge in [-0.3, -0.25) is 0 Å². The third kappa shape index (κ3) is 35.2. The monoisotopic (exact) mass is 1150 g/mol. The van der Waals surface area contributed by atoms with Crippen molar-refractivity contribution in [1.29, 1.82) is 0 Å². The van der Waals surface area contributed by atoms with Crippen molar-refractivity contribution >= 4 is 11.4 Å². The van der Waals surface area contributed by atoms with Crippen molar-refractivity contribution < 1.29 is 22.7 Å². The Labute approximate surface area is 489 Å². The molecule has 0 unspecified atom stereocenters. The fourth-order valence-corrected chi connectivity index (χ4v) is 13.1. The van der Waals surface area contributed by atoms with Crippen molar-refractivity contribution in [2.45, 2.75) is 347 Å². The van der Waals surface area contributed by atoms with Gasteiger partial charge in [-0.2, -0.15) is 0 Å². The molecule has 2 nitrogen and oxygen atoms in total. The molecule has 0 spiro atoms. The van der Waals surface area contributed by atoms with E-state index < -0.39 is 0 Å². The van der Waals surface area contributed by atoms with E-state index in [-0.39, 0.29) is 0 Å². The molecule has 3 heteroatoms. The van der Waals surface area contributed by atoms with Crippen LogP contribution < -0.4 is 0 Å². The molecule has 0 aliphatic carbocycles. The van der Waals surface area contributed by atoms with Gasteiger partial charge in [0.2, 0.25) is 11.4 Å². The van der Waals surface area contributed by atoms with Gasteiger partial charge < -0.3 is 5.53 Å². The summed E-state index contributed by atoms with van der Waals surface area (Å²) in [5, 5.41) is 0. The molecule has 0 bridgehead atoms. The van der Waals surface area contributed by atoms with Crippen molar-refractivity contribution in [2.75, 3.05) is 0 Å². The molecule has 3 rings (SSSR count). The van der Waals surface area contributed by atoms with Crippen molar-refractivity contribution in [3.05, 3.63) is 111 Å². The summed E-state index contributed by atoms with van der Waals surface area (Å²) in [5.41, 5.74) is 23.8. The molecule has 2 aromatic rings. The van der Waals surface area contributed by atoms with Gasteiger partial charge in [-0.15, -0.1) is 0 Å². The van der Waals surface area contributed by atoms with Crippen LogP contribution in [0.5, 0.6) is 0 Å². The Kier molecular flexibility index (Phi) is 47.6. The van der Waals surface area contributed by atoms with E-state index in [0.717, 1.165) is 74.3 Å². The molecule has 0 N–H and O–H groups in total. The summed E-state index contributed by atoms with van der Waals surface area (Å²) in [6.07, 6.45) is 70.8. The molecule has 442 valence electrons. The van der Waals surface area contributed by atoms with Crippen LogP contribution in [0.2, 0.25) is 9.79 Å². The van der Waals surface area contributed by atoms with Gasteiger partial charge in [-0.1, -0.05) is 263 Å². The predicted molar refractivity (Wildman–Crippen MR) is 343 cm³/mol. The van der Waals surface area contributed by atoms with Gasteiger partial charge >= 0.3 is 67.3 Å². The van der Waals surface area contributed by atoms with E-state index in [2.05, 4.69) is 115 Å². The van der Waals surface area contributed by atoms with Crippen LogP contribution in [-0.2, 0) is 43.7 Å². The van der Waals surface area contributed by atoms with Crippen LogP contribution in [0.3, 0.4) is 0 Å². The number of unbranched alkanes of at least 4 members (excludes halogenated alkanes) is 32. The number of rotatable bonds is 51. The van der Waals surface area contributed by atoms with Gasteiger partial charge in [-0.05, 0) is 118 Å². The predicted octanol–water partition coefficient (Wildman–Crippen LogP) is 25.8. The van der Waals surface area contributed by atoms with E-state index in [1.807, 2.05) is 0 Å². The fourth-order valence-electron chi connectivity index (χ4n) is 10.9. The Morgan fingerprint density at radius 3 is 1.09 bits per heavy atom. The molecule has 77 heavy (non-hydrogen) atoms. The van der Waals surface area contributed by atoms with Crippen LogP contribution in [-0.4, -0.2) is 4.70 Å². The fraction of sp³-hybridized carbons (Fsp3) is 0.730. The molecule has 2 aromatic carbocycles. The normalized spacial score (nSPS) is 12.8. The Morgan fingerprint density at radius 2 is 0.701 bits per heavy atom. The van der Waals surface area contributed by atoms with Gasteiger partial charge in [0.1, 0.15) is 0 Å². The summed E-state index contributed by atoms with van der Waals surface area (Å²) in [5.74, 6) is 0. The molecule has 0 atom stereocenters. The van der Waals surface area contributed by atoms with Crippen LogP contribution in [0, 0.1) is 0 Å². The number of aryl methyl sites for hydroxylation is 4. The molecule has 0 saturated heterocycles. The minimum absolute atomic E-state index is 0.893. The van der Waals surface area contributed by atoms with Gasteiger partial charge in [-0.25, -0.2) is 4.70 Å². The third-order valence-corrected chi connectivity index (χ3v) is 18.2. The average molecular weight is 1150 g/mol. The third-order valence-electron chi connectivity index (χ3n) is 16.1. The molecule has 0 saturated carbocycles. The second-order valence-electron chi connectivity index (χ2n) is 23.2. The average Bonchev–Trinajstić information content (AvgIpc) is 3.82. The van der Waals surface area contributed by atoms with Crippen LogP contribution in [0.1, 0.15) is 345 Å². The van der Waals surface area contributed by atoms with E-state index >= 15 is 0 Å². The van der Waals surface area contributed by atoms with Gasteiger partial charge in [0.25, 0.3) is 0 Å². The molecule has 0 fully saturated rings. The summed E-state index contributed by atoms with van der Waals surface area (Å²) >= 11 is 1.07. The molecule has 0 amide bonds. The van der Waals surface area contributed by atoms with Crippen molar-refractivity contribution in [2.24, 2.45) is 0 Å². The maximum absolute atomic E-state index is 12.5. The molecule has 1 aliphatic heterocycles. The van der Waals surface area contributed by atoms with Crippen LogP contribution in [0.15, 0.2) is 72.4 Å². The van der Waals surface area contributed by atoms with Crippen LogP contribution >= 0.6 is 0 Å². The van der Waals surface area contributed by atoms with E-state index in [9.17, 15) is 5.53 Å². The Morgan fingerprint density at radius 1 is 0.364 bits per heavy atom. The SMILES string of the molecule is CCCCCCCCCCCCC=CCCc1ccc(CCCCCCCC)cc1C1=CC(CC)=C(c2cc(CCCCCCCC)ccc2CCC=CCCCCCCCCCCCC)[N+]1=[N-].CCC[CH2][Pd][CH2]CCC. The van der Waals surface area contributed by atoms with E-state index in [0.29, 0.717) is 0 Å². The first-order valence-corrected chi connectivity index (χ1v) is 36.1. The Balaban J connectivity index is 0.00000205. The zero-order valence-electron chi connectivity index (χ0n) is 52.3.